The van der Waals surface area contributed by atoms with Crippen molar-refractivity contribution in [1.82, 2.24) is 14.6 Å². The van der Waals surface area contributed by atoms with Gasteiger partial charge in [0.2, 0.25) is 4.96 Å². The van der Waals surface area contributed by atoms with Gasteiger partial charge in [-0.25, -0.2) is 0 Å². The van der Waals surface area contributed by atoms with Crippen molar-refractivity contribution in [3.8, 4) is 11.4 Å². The number of nitrogens with zero attached hydrogens (tertiary/aromatic N) is 4. The Morgan fingerprint density at radius 2 is 1.71 bits per heavy atom. The van der Waals surface area contributed by atoms with Gasteiger partial charge in [0.05, 0.1) is 11.3 Å². The molecule has 7 heteroatoms. The number of fused-ring (bicyclic) bond motifs is 2. The number of aromatic nitrogens is 3. The second-order valence-electron chi connectivity index (χ2n) is 6.62. The number of aryl methyl sites for hydroxylation is 1. The van der Waals surface area contributed by atoms with E-state index in [1.54, 1.807) is 4.90 Å². The van der Waals surface area contributed by atoms with Gasteiger partial charge in [-0.1, -0.05) is 53.8 Å². The number of carbonyl (C=O) groups is 1. The molecule has 4 aromatic rings. The summed E-state index contributed by atoms with van der Waals surface area (Å²) in [7, 11) is 0. The molecule has 1 aliphatic heterocycles. The average molecular weight is 388 g/mol. The molecule has 3 heterocycles. The quantitative estimate of drug-likeness (QED) is 0.529. The van der Waals surface area contributed by atoms with Crippen LogP contribution < -0.4 is 15.0 Å². The highest BCUT2D eigenvalue weighted by Crippen LogP contribution is 2.34. The summed E-state index contributed by atoms with van der Waals surface area (Å²) in [5.74, 6) is 0.371. The minimum atomic E-state index is -0.302. The molecule has 0 radical (unpaired) electrons. The molecule has 5 rings (SSSR count). The van der Waals surface area contributed by atoms with Crippen molar-refractivity contribution < 1.29 is 4.79 Å². The molecule has 0 aliphatic carbocycles. The van der Waals surface area contributed by atoms with Gasteiger partial charge in [0.15, 0.2) is 5.82 Å². The number of carbonyl (C=O) groups excluding carboxylic acids is 1. The molecule has 1 aliphatic rings. The normalized spacial score (nSPS) is 15.5. The number of rotatable bonds is 2. The largest absolute Gasteiger partial charge is 0.308 e. The third-order valence-corrected chi connectivity index (χ3v) is 6.04. The lowest BCUT2D eigenvalue weighted by molar-refractivity contribution is -0.113. The first-order valence-electron chi connectivity index (χ1n) is 9.01. The van der Waals surface area contributed by atoms with Gasteiger partial charge >= 0.3 is 0 Å². The van der Waals surface area contributed by atoms with Gasteiger partial charge in [0.25, 0.3) is 11.5 Å². The smallest absolute Gasteiger partial charge is 0.291 e. The molecule has 0 fully saturated rings. The summed E-state index contributed by atoms with van der Waals surface area (Å²) in [5.41, 5.74) is 3.70. The summed E-state index contributed by atoms with van der Waals surface area (Å²) in [6, 6.07) is 15.4. The first kappa shape index (κ1) is 16.8. The zero-order chi connectivity index (χ0) is 19.4. The molecule has 28 heavy (non-hydrogen) atoms. The molecule has 6 nitrogen and oxygen atoms in total. The molecule has 2 aromatic heterocycles. The van der Waals surface area contributed by atoms with Crippen LogP contribution in [0.4, 0.5) is 5.69 Å². The maximum absolute atomic E-state index is 13.1. The van der Waals surface area contributed by atoms with E-state index >= 15 is 0 Å². The predicted octanol–water partition coefficient (Wildman–Crippen LogP) is 2.41. The zero-order valence-electron chi connectivity index (χ0n) is 15.3. The van der Waals surface area contributed by atoms with Crippen LogP contribution in [0.15, 0.2) is 53.3 Å². The van der Waals surface area contributed by atoms with Crippen molar-refractivity contribution >= 4 is 33.5 Å². The van der Waals surface area contributed by atoms with Crippen LogP contribution in [-0.2, 0) is 4.79 Å². The highest BCUT2D eigenvalue weighted by molar-refractivity contribution is 7.15. The number of hydrogen-bond acceptors (Lipinski definition) is 5. The van der Waals surface area contributed by atoms with Crippen LogP contribution >= 0.6 is 11.3 Å². The fourth-order valence-corrected chi connectivity index (χ4v) is 4.63. The highest BCUT2D eigenvalue weighted by atomic mass is 32.1. The van der Waals surface area contributed by atoms with Crippen LogP contribution in [0.3, 0.4) is 0 Å². The van der Waals surface area contributed by atoms with Crippen molar-refractivity contribution in [3.63, 3.8) is 0 Å². The molecule has 0 unspecified atom stereocenters. The second kappa shape index (κ2) is 6.10. The van der Waals surface area contributed by atoms with Crippen molar-refractivity contribution in [2.75, 3.05) is 11.4 Å². The van der Waals surface area contributed by atoms with E-state index in [0.717, 1.165) is 22.4 Å². The van der Waals surface area contributed by atoms with Gasteiger partial charge in [-0.2, -0.15) is 9.50 Å². The number of hydrogen-bond donors (Lipinski definition) is 0. The third kappa shape index (κ3) is 2.26. The Kier molecular flexibility index (Phi) is 3.67. The molecular weight excluding hydrogens is 372 g/mol. The molecule has 0 saturated heterocycles. The summed E-state index contributed by atoms with van der Waals surface area (Å²) in [6.07, 6.45) is 0. The predicted molar refractivity (Wildman–Crippen MR) is 110 cm³/mol. The van der Waals surface area contributed by atoms with Gasteiger partial charge in [-0.3, -0.25) is 9.59 Å². The Morgan fingerprint density at radius 3 is 2.43 bits per heavy atom. The van der Waals surface area contributed by atoms with Gasteiger partial charge in [0, 0.05) is 17.7 Å². The van der Waals surface area contributed by atoms with Crippen LogP contribution in [0.1, 0.15) is 18.1 Å². The average Bonchev–Trinajstić information content (AvgIpc) is 3.32. The van der Waals surface area contributed by atoms with Crippen LogP contribution in [0.2, 0.25) is 0 Å². The number of para-hydroxylation sites is 1. The first-order valence-corrected chi connectivity index (χ1v) is 9.83. The number of amides is 1. The van der Waals surface area contributed by atoms with E-state index in [2.05, 4.69) is 10.1 Å². The lowest BCUT2D eigenvalue weighted by Crippen LogP contribution is -2.32. The van der Waals surface area contributed by atoms with Crippen molar-refractivity contribution in [2.45, 2.75) is 13.8 Å². The standard InChI is InChI=1S/C21H16N4O2S/c1-3-24-15-11-7-6-10-14(15)16(19(24)26)17-20(27)25-21(28-17)22-18(23-25)13-9-5-4-8-12(13)2/h4-11H,3H2,1-2H3/b17-16-. The van der Waals surface area contributed by atoms with E-state index in [0.29, 0.717) is 27.4 Å². The first-order chi connectivity index (χ1) is 13.6. The van der Waals surface area contributed by atoms with Crippen LogP contribution in [-0.4, -0.2) is 27.0 Å². The Labute approximate surface area is 164 Å². The summed E-state index contributed by atoms with van der Waals surface area (Å²) >= 11 is 1.21. The van der Waals surface area contributed by atoms with Crippen molar-refractivity contribution in [3.05, 3.63) is 74.5 Å². The minimum Gasteiger partial charge on any atom is -0.308 e. The van der Waals surface area contributed by atoms with Crippen molar-refractivity contribution in [1.29, 1.82) is 0 Å². The summed E-state index contributed by atoms with van der Waals surface area (Å²) in [5, 5.41) is 4.42. The molecular formula is C21H16N4O2S. The maximum Gasteiger partial charge on any atom is 0.291 e. The molecule has 0 spiro atoms. The van der Waals surface area contributed by atoms with E-state index in [1.165, 1.54) is 15.9 Å². The summed E-state index contributed by atoms with van der Waals surface area (Å²) in [6.45, 7) is 4.45. The maximum atomic E-state index is 13.1. The van der Waals surface area contributed by atoms with Gasteiger partial charge in [0.1, 0.15) is 4.53 Å². The monoisotopic (exact) mass is 388 g/mol. The lowest BCUT2D eigenvalue weighted by Gasteiger charge is -2.13. The molecule has 0 atom stereocenters. The van der Waals surface area contributed by atoms with Crippen LogP contribution in [0.5, 0.6) is 0 Å². The molecule has 0 bridgehead atoms. The minimum absolute atomic E-state index is 0.149. The van der Waals surface area contributed by atoms with Crippen molar-refractivity contribution in [2.24, 2.45) is 0 Å². The fourth-order valence-electron chi connectivity index (χ4n) is 3.64. The number of anilines is 1. The Bertz CT molecular complexity index is 1370. The summed E-state index contributed by atoms with van der Waals surface area (Å²) < 4.78 is 1.69. The Balaban J connectivity index is 1.76. The zero-order valence-corrected chi connectivity index (χ0v) is 16.2. The molecule has 0 saturated carbocycles. The Hall–Kier alpha value is -3.32. The van der Waals surface area contributed by atoms with Crippen LogP contribution in [0, 0.1) is 6.92 Å². The van der Waals surface area contributed by atoms with Gasteiger partial charge < -0.3 is 4.90 Å². The summed E-state index contributed by atoms with van der Waals surface area (Å²) in [4.78, 5) is 32.8. The van der Waals surface area contributed by atoms with Gasteiger partial charge in [-0.05, 0) is 25.5 Å². The van der Waals surface area contributed by atoms with E-state index in [-0.39, 0.29) is 11.5 Å². The molecule has 1 amide bonds. The van der Waals surface area contributed by atoms with Crippen LogP contribution in [0.25, 0.3) is 21.9 Å². The second-order valence-corrected chi connectivity index (χ2v) is 7.60. The number of benzene rings is 2. The van der Waals surface area contributed by atoms with E-state index in [4.69, 9.17) is 0 Å². The number of likely N-dealkylation sites (N-methyl/N-ethyl adjacent to an activating group) is 1. The van der Waals surface area contributed by atoms with E-state index in [1.807, 2.05) is 62.4 Å². The van der Waals surface area contributed by atoms with Gasteiger partial charge in [-0.15, -0.1) is 5.10 Å². The van der Waals surface area contributed by atoms with E-state index in [9.17, 15) is 9.59 Å². The topological polar surface area (TPSA) is 67.6 Å². The lowest BCUT2D eigenvalue weighted by atomic mass is 10.1. The number of thiazole rings is 1. The highest BCUT2D eigenvalue weighted by Gasteiger charge is 2.33. The SMILES string of the molecule is CCN1C(=O)/C(=c2\sc3nc(-c4ccccc4C)nn3c2=O)c2ccccc21. The molecule has 2 aromatic carbocycles. The third-order valence-electron chi connectivity index (χ3n) is 5.01. The molecule has 138 valence electrons. The molecule has 0 N–H and O–H groups in total. The Morgan fingerprint density at radius 1 is 1.00 bits per heavy atom. The van der Waals surface area contributed by atoms with E-state index < -0.39 is 0 Å². The fraction of sp³-hybridized carbons (Fsp3) is 0.143.